The number of carbonyl (C=O) groups excluding carboxylic acids is 2. The van der Waals surface area contributed by atoms with E-state index in [1.54, 1.807) is 24.3 Å². The van der Waals surface area contributed by atoms with E-state index in [1.165, 1.54) is 23.1 Å². The summed E-state index contributed by atoms with van der Waals surface area (Å²) in [5, 5.41) is 11.1. The van der Waals surface area contributed by atoms with Gasteiger partial charge in [-0.2, -0.15) is 0 Å². The number of carbonyl (C=O) groups is 2. The standard InChI is InChI=1S/C24H25FN2O5/c1-3-26(4-2)10-11-27-21(15-6-5-7-17(25)12-15)20(23(29)24(27)30)22(28)16-8-9-18-19(13-16)32-14-31-18/h5-9,12-13,21,28H,3-4,10-11,14H2,1-2H3. The van der Waals surface area contributed by atoms with Crippen molar-refractivity contribution in [3.63, 3.8) is 0 Å². The molecule has 1 atom stereocenters. The summed E-state index contributed by atoms with van der Waals surface area (Å²) < 4.78 is 24.7. The molecule has 2 aromatic carbocycles. The van der Waals surface area contributed by atoms with Gasteiger partial charge in [0.25, 0.3) is 11.7 Å². The minimum absolute atomic E-state index is 0.0680. The fraction of sp³-hybridized carbons (Fsp3) is 0.333. The molecule has 2 heterocycles. The Balaban J connectivity index is 1.79. The molecule has 8 heteroatoms. The Morgan fingerprint density at radius 1 is 1.12 bits per heavy atom. The Kier molecular flexibility index (Phi) is 6.14. The van der Waals surface area contributed by atoms with Gasteiger partial charge < -0.3 is 24.4 Å². The highest BCUT2D eigenvalue weighted by Gasteiger charge is 2.46. The van der Waals surface area contributed by atoms with Crippen LogP contribution in [0.3, 0.4) is 0 Å². The van der Waals surface area contributed by atoms with E-state index in [0.29, 0.717) is 29.2 Å². The highest BCUT2D eigenvalue weighted by atomic mass is 19.1. The normalized spacial score (nSPS) is 19.2. The quantitative estimate of drug-likeness (QED) is 0.404. The summed E-state index contributed by atoms with van der Waals surface area (Å²) in [6.45, 7) is 6.51. The number of likely N-dealkylation sites (tertiary alicyclic amines) is 1. The highest BCUT2D eigenvalue weighted by molar-refractivity contribution is 6.46. The highest BCUT2D eigenvalue weighted by Crippen LogP contribution is 2.41. The van der Waals surface area contributed by atoms with Crippen LogP contribution in [0.25, 0.3) is 5.76 Å². The van der Waals surface area contributed by atoms with Crippen LogP contribution in [0.5, 0.6) is 11.5 Å². The molecule has 0 aliphatic carbocycles. The Morgan fingerprint density at radius 2 is 1.88 bits per heavy atom. The maximum absolute atomic E-state index is 14.1. The van der Waals surface area contributed by atoms with Gasteiger partial charge in [0, 0.05) is 18.7 Å². The second-order valence-corrected chi connectivity index (χ2v) is 7.64. The first-order valence-electron chi connectivity index (χ1n) is 10.6. The van der Waals surface area contributed by atoms with Crippen molar-refractivity contribution in [1.29, 1.82) is 0 Å². The van der Waals surface area contributed by atoms with E-state index < -0.39 is 23.5 Å². The Labute approximate surface area is 185 Å². The van der Waals surface area contributed by atoms with E-state index in [0.717, 1.165) is 13.1 Å². The first-order valence-corrected chi connectivity index (χ1v) is 10.6. The number of hydrogen-bond donors (Lipinski definition) is 1. The summed E-state index contributed by atoms with van der Waals surface area (Å²) in [5.74, 6) is -1.36. The van der Waals surface area contributed by atoms with Crippen molar-refractivity contribution in [3.05, 3.63) is 65.0 Å². The van der Waals surface area contributed by atoms with Crippen molar-refractivity contribution in [2.45, 2.75) is 19.9 Å². The van der Waals surface area contributed by atoms with E-state index in [9.17, 15) is 19.1 Å². The Bertz CT molecular complexity index is 1080. The number of rotatable bonds is 7. The molecule has 1 N–H and O–H groups in total. The van der Waals surface area contributed by atoms with Gasteiger partial charge in [-0.1, -0.05) is 26.0 Å². The maximum atomic E-state index is 14.1. The molecule has 1 fully saturated rings. The van der Waals surface area contributed by atoms with Crippen molar-refractivity contribution < 1.29 is 28.6 Å². The summed E-state index contributed by atoms with van der Waals surface area (Å²) in [7, 11) is 0. The second-order valence-electron chi connectivity index (χ2n) is 7.64. The molecule has 4 rings (SSSR count). The van der Waals surface area contributed by atoms with Crippen molar-refractivity contribution in [1.82, 2.24) is 9.80 Å². The number of aliphatic hydroxyl groups excluding tert-OH is 1. The zero-order chi connectivity index (χ0) is 22.8. The van der Waals surface area contributed by atoms with E-state index in [1.807, 2.05) is 13.8 Å². The number of ketones is 1. The fourth-order valence-electron chi connectivity index (χ4n) is 4.12. The van der Waals surface area contributed by atoms with Gasteiger partial charge in [0.05, 0.1) is 11.6 Å². The summed E-state index contributed by atoms with van der Waals surface area (Å²) in [4.78, 5) is 29.6. The predicted octanol–water partition coefficient (Wildman–Crippen LogP) is 3.32. The number of nitrogens with zero attached hydrogens (tertiary/aromatic N) is 2. The van der Waals surface area contributed by atoms with Crippen LogP contribution < -0.4 is 9.47 Å². The summed E-state index contributed by atoms with van der Waals surface area (Å²) >= 11 is 0. The maximum Gasteiger partial charge on any atom is 0.295 e. The van der Waals surface area contributed by atoms with E-state index >= 15 is 0 Å². The third-order valence-electron chi connectivity index (χ3n) is 5.90. The van der Waals surface area contributed by atoms with Crippen molar-refractivity contribution in [2.75, 3.05) is 33.0 Å². The average Bonchev–Trinajstić information content (AvgIpc) is 3.36. The van der Waals surface area contributed by atoms with Gasteiger partial charge in [-0.05, 0) is 49.0 Å². The molecule has 0 aromatic heterocycles. The van der Waals surface area contributed by atoms with Crippen LogP contribution in [0.1, 0.15) is 31.0 Å². The topological polar surface area (TPSA) is 79.3 Å². The van der Waals surface area contributed by atoms with Gasteiger partial charge in [0.2, 0.25) is 6.79 Å². The van der Waals surface area contributed by atoms with Crippen LogP contribution >= 0.6 is 0 Å². The molecule has 0 radical (unpaired) electrons. The number of likely N-dealkylation sites (N-methyl/N-ethyl adjacent to an activating group) is 1. The third-order valence-corrected chi connectivity index (χ3v) is 5.90. The van der Waals surface area contributed by atoms with Crippen molar-refractivity contribution in [2.24, 2.45) is 0 Å². The molecule has 0 saturated carbocycles. The van der Waals surface area contributed by atoms with Crippen LogP contribution in [0.4, 0.5) is 4.39 Å². The third kappa shape index (κ3) is 3.93. The van der Waals surface area contributed by atoms with Crippen molar-refractivity contribution >= 4 is 17.4 Å². The van der Waals surface area contributed by atoms with Gasteiger partial charge in [0.1, 0.15) is 11.6 Å². The molecule has 2 aromatic rings. The molecule has 0 spiro atoms. The second kappa shape index (κ2) is 9.00. The number of halogens is 1. The van der Waals surface area contributed by atoms with Gasteiger partial charge >= 0.3 is 0 Å². The number of ether oxygens (including phenoxy) is 2. The lowest BCUT2D eigenvalue weighted by Gasteiger charge is -2.28. The molecule has 1 saturated heterocycles. The lowest BCUT2D eigenvalue weighted by molar-refractivity contribution is -0.140. The summed E-state index contributed by atoms with van der Waals surface area (Å²) in [6, 6.07) is 9.64. The zero-order valence-electron chi connectivity index (χ0n) is 18.0. The predicted molar refractivity (Wildman–Crippen MR) is 116 cm³/mol. The van der Waals surface area contributed by atoms with Crippen LogP contribution in [-0.4, -0.2) is 59.6 Å². The van der Waals surface area contributed by atoms with Crippen molar-refractivity contribution in [3.8, 4) is 11.5 Å². The van der Waals surface area contributed by atoms with Crippen LogP contribution in [0, 0.1) is 5.82 Å². The minimum atomic E-state index is -0.897. The van der Waals surface area contributed by atoms with Gasteiger partial charge in [-0.25, -0.2) is 4.39 Å². The first kappa shape index (κ1) is 21.8. The fourth-order valence-corrected chi connectivity index (χ4v) is 4.12. The molecule has 168 valence electrons. The summed E-state index contributed by atoms with van der Waals surface area (Å²) in [6.07, 6.45) is 0. The largest absolute Gasteiger partial charge is 0.507 e. The number of hydrogen-bond acceptors (Lipinski definition) is 6. The lowest BCUT2D eigenvalue weighted by atomic mass is 9.95. The lowest BCUT2D eigenvalue weighted by Crippen LogP contribution is -2.38. The summed E-state index contributed by atoms with van der Waals surface area (Å²) in [5.41, 5.74) is 0.669. The molecule has 0 bridgehead atoms. The molecule has 2 aliphatic heterocycles. The number of benzene rings is 2. The number of aliphatic hydroxyl groups is 1. The van der Waals surface area contributed by atoms with E-state index in [4.69, 9.17) is 9.47 Å². The monoisotopic (exact) mass is 440 g/mol. The van der Waals surface area contributed by atoms with E-state index in [2.05, 4.69) is 4.90 Å². The molecular weight excluding hydrogens is 415 g/mol. The van der Waals surface area contributed by atoms with E-state index in [-0.39, 0.29) is 24.7 Å². The Hall–Kier alpha value is -3.39. The number of amides is 1. The molecular formula is C24H25FN2O5. The number of Topliss-reactive ketones (excluding diaryl/α,β-unsaturated/α-hetero) is 1. The van der Waals surface area contributed by atoms with Crippen LogP contribution in [-0.2, 0) is 9.59 Å². The molecule has 1 unspecified atom stereocenters. The molecule has 2 aliphatic rings. The molecule has 7 nitrogen and oxygen atoms in total. The zero-order valence-corrected chi connectivity index (χ0v) is 18.0. The van der Waals surface area contributed by atoms with Gasteiger partial charge in [-0.3, -0.25) is 9.59 Å². The first-order chi connectivity index (χ1) is 15.4. The van der Waals surface area contributed by atoms with Gasteiger partial charge in [-0.15, -0.1) is 0 Å². The smallest absolute Gasteiger partial charge is 0.295 e. The Morgan fingerprint density at radius 3 is 2.59 bits per heavy atom. The number of fused-ring (bicyclic) bond motifs is 1. The van der Waals surface area contributed by atoms with Crippen LogP contribution in [0.2, 0.25) is 0 Å². The van der Waals surface area contributed by atoms with Crippen LogP contribution in [0.15, 0.2) is 48.0 Å². The molecule has 32 heavy (non-hydrogen) atoms. The minimum Gasteiger partial charge on any atom is -0.507 e. The average molecular weight is 440 g/mol. The molecule has 1 amide bonds. The van der Waals surface area contributed by atoms with Gasteiger partial charge in [0.15, 0.2) is 11.5 Å². The SMILES string of the molecule is CCN(CC)CCN1C(=O)C(=O)C(=C(O)c2ccc3c(c2)OCO3)C1c1cccc(F)c1.